The fourth-order valence-electron chi connectivity index (χ4n) is 4.39. The number of benzene rings is 1. The van der Waals surface area contributed by atoms with E-state index in [0.29, 0.717) is 6.04 Å². The predicted octanol–water partition coefficient (Wildman–Crippen LogP) is 5.01. The Labute approximate surface area is 166 Å². The number of fused-ring (bicyclic) bond motifs is 1. The highest BCUT2D eigenvalue weighted by atomic mass is 16.3. The first-order valence-corrected chi connectivity index (χ1v) is 10.5. The van der Waals surface area contributed by atoms with Gasteiger partial charge in [-0.15, -0.1) is 0 Å². The number of aliphatic hydroxyl groups excluding tert-OH is 1. The molecular weight excluding hydrogens is 348 g/mol. The molecule has 1 saturated carbocycles. The van der Waals surface area contributed by atoms with Crippen molar-refractivity contribution < 1.29 is 5.11 Å². The number of aromatic nitrogens is 3. The Kier molecular flexibility index (Phi) is 5.36. The number of hydrogen-bond donors (Lipinski definition) is 2. The molecule has 5 nitrogen and oxygen atoms in total. The van der Waals surface area contributed by atoms with Crippen LogP contribution in [0.2, 0.25) is 0 Å². The topological polar surface area (TPSA) is 63.0 Å². The lowest BCUT2D eigenvalue weighted by Crippen LogP contribution is -2.23. The van der Waals surface area contributed by atoms with E-state index in [-0.39, 0.29) is 12.6 Å². The maximum Gasteiger partial charge on any atom is 0.163 e. The summed E-state index contributed by atoms with van der Waals surface area (Å²) in [6.07, 6.45) is 5.83. The molecule has 28 heavy (non-hydrogen) atoms. The molecule has 1 aliphatic rings. The average Bonchev–Trinajstić information content (AvgIpc) is 3.33. The monoisotopic (exact) mass is 378 g/mol. The number of rotatable bonds is 6. The minimum absolute atomic E-state index is 0.0174. The molecule has 0 amide bonds. The van der Waals surface area contributed by atoms with Crippen molar-refractivity contribution in [2.45, 2.75) is 65.0 Å². The van der Waals surface area contributed by atoms with Gasteiger partial charge < -0.3 is 15.0 Å². The first-order valence-electron chi connectivity index (χ1n) is 10.5. The number of anilines is 1. The molecule has 1 aromatic carbocycles. The van der Waals surface area contributed by atoms with Crippen LogP contribution in [0.4, 0.5) is 5.82 Å². The molecule has 0 aliphatic heterocycles. The van der Waals surface area contributed by atoms with Gasteiger partial charge >= 0.3 is 0 Å². The number of aryl methyl sites for hydroxylation is 1. The molecular formula is C23H30N4O. The molecule has 2 heterocycles. The lowest BCUT2D eigenvalue weighted by Gasteiger charge is -2.18. The third kappa shape index (κ3) is 3.28. The van der Waals surface area contributed by atoms with Gasteiger partial charge in [-0.1, -0.05) is 50.1 Å². The van der Waals surface area contributed by atoms with E-state index in [1.807, 2.05) is 18.2 Å². The van der Waals surface area contributed by atoms with E-state index in [2.05, 4.69) is 42.8 Å². The van der Waals surface area contributed by atoms with Crippen LogP contribution in [0, 0.1) is 13.8 Å². The van der Waals surface area contributed by atoms with Crippen LogP contribution in [0.3, 0.4) is 0 Å². The predicted molar refractivity (Wildman–Crippen MR) is 115 cm³/mol. The second-order valence-electron chi connectivity index (χ2n) is 7.91. The lowest BCUT2D eigenvalue weighted by atomic mass is 10.1. The van der Waals surface area contributed by atoms with Gasteiger partial charge in [-0.05, 0) is 38.7 Å². The molecule has 3 aromatic rings. The Bertz CT molecular complexity index is 954. The van der Waals surface area contributed by atoms with E-state index in [9.17, 15) is 5.11 Å². The molecule has 0 radical (unpaired) electrons. The molecule has 1 aliphatic carbocycles. The van der Waals surface area contributed by atoms with E-state index in [1.54, 1.807) is 0 Å². The molecule has 5 heteroatoms. The first-order chi connectivity index (χ1) is 13.6. The molecule has 1 atom stereocenters. The third-order valence-corrected chi connectivity index (χ3v) is 6.17. The fraction of sp³-hybridized carbons (Fsp3) is 0.478. The second-order valence-corrected chi connectivity index (χ2v) is 7.91. The summed E-state index contributed by atoms with van der Waals surface area (Å²) in [6.45, 7) is 6.53. The zero-order chi connectivity index (χ0) is 19.7. The van der Waals surface area contributed by atoms with Gasteiger partial charge in [0.2, 0.25) is 0 Å². The minimum atomic E-state index is -0.0174. The summed E-state index contributed by atoms with van der Waals surface area (Å²) in [5.74, 6) is 1.57. The van der Waals surface area contributed by atoms with Crippen LogP contribution < -0.4 is 5.32 Å². The largest absolute Gasteiger partial charge is 0.394 e. The second kappa shape index (κ2) is 7.92. The molecule has 2 N–H and O–H groups in total. The van der Waals surface area contributed by atoms with Crippen molar-refractivity contribution >= 4 is 16.9 Å². The molecule has 4 rings (SSSR count). The van der Waals surface area contributed by atoms with Crippen LogP contribution >= 0.6 is 0 Å². The Hall–Kier alpha value is -2.40. The number of aliphatic hydroxyl groups is 1. The third-order valence-electron chi connectivity index (χ3n) is 6.17. The normalized spacial score (nSPS) is 16.0. The van der Waals surface area contributed by atoms with Crippen LogP contribution in [0.1, 0.15) is 56.3 Å². The quantitative estimate of drug-likeness (QED) is 0.633. The number of hydrogen-bond acceptors (Lipinski definition) is 4. The van der Waals surface area contributed by atoms with E-state index in [1.165, 1.54) is 36.9 Å². The summed E-state index contributed by atoms with van der Waals surface area (Å²) in [4.78, 5) is 9.94. The zero-order valence-electron chi connectivity index (χ0n) is 17.1. The number of nitrogens with one attached hydrogen (secondary N) is 1. The van der Waals surface area contributed by atoms with Crippen molar-refractivity contribution in [1.29, 1.82) is 0 Å². The highest BCUT2D eigenvalue weighted by Gasteiger charge is 2.26. The Balaban J connectivity index is 1.95. The van der Waals surface area contributed by atoms with E-state index in [0.717, 1.165) is 34.7 Å². The van der Waals surface area contributed by atoms with Gasteiger partial charge in [0.05, 0.1) is 18.0 Å². The molecule has 0 unspecified atom stereocenters. The Morgan fingerprint density at radius 2 is 1.86 bits per heavy atom. The molecule has 1 fully saturated rings. The summed E-state index contributed by atoms with van der Waals surface area (Å²) >= 11 is 0. The standard InChI is InChI=1S/C23H30N4O/c1-4-18(14-28)24-22-20-15(2)16(3)27(19-12-8-9-13-19)23(20)26-21(25-22)17-10-6-5-7-11-17/h5-7,10-11,18-19,28H,4,8-9,12-14H2,1-3H3,(H,24,25,26)/t18-/m0/s1. The zero-order valence-corrected chi connectivity index (χ0v) is 17.1. The number of nitrogens with zero attached hydrogens (tertiary/aromatic N) is 3. The molecule has 148 valence electrons. The molecule has 0 bridgehead atoms. The fourth-order valence-corrected chi connectivity index (χ4v) is 4.39. The lowest BCUT2D eigenvalue weighted by molar-refractivity contribution is 0.271. The average molecular weight is 379 g/mol. The van der Waals surface area contributed by atoms with Gasteiger partial charge in [-0.25, -0.2) is 9.97 Å². The van der Waals surface area contributed by atoms with Crippen LogP contribution in [0.25, 0.3) is 22.4 Å². The van der Waals surface area contributed by atoms with Crippen molar-refractivity contribution in [2.24, 2.45) is 0 Å². The summed E-state index contributed by atoms with van der Waals surface area (Å²) in [5, 5.41) is 14.3. The van der Waals surface area contributed by atoms with Crippen molar-refractivity contribution in [3.05, 3.63) is 41.6 Å². The molecule has 0 saturated heterocycles. The van der Waals surface area contributed by atoms with E-state index in [4.69, 9.17) is 9.97 Å². The van der Waals surface area contributed by atoms with Crippen molar-refractivity contribution in [3.8, 4) is 11.4 Å². The Morgan fingerprint density at radius 1 is 1.14 bits per heavy atom. The van der Waals surface area contributed by atoms with E-state index < -0.39 is 0 Å². The van der Waals surface area contributed by atoms with Gasteiger partial charge in [0.25, 0.3) is 0 Å². The van der Waals surface area contributed by atoms with Gasteiger partial charge in [-0.2, -0.15) is 0 Å². The van der Waals surface area contributed by atoms with Crippen molar-refractivity contribution in [3.63, 3.8) is 0 Å². The van der Waals surface area contributed by atoms with Crippen LogP contribution in [-0.2, 0) is 0 Å². The van der Waals surface area contributed by atoms with Crippen LogP contribution in [-0.4, -0.2) is 32.3 Å². The summed E-state index contributed by atoms with van der Waals surface area (Å²) in [5.41, 5.74) is 4.54. The minimum Gasteiger partial charge on any atom is -0.394 e. The highest BCUT2D eigenvalue weighted by molar-refractivity contribution is 5.93. The summed E-state index contributed by atoms with van der Waals surface area (Å²) < 4.78 is 2.44. The summed E-state index contributed by atoms with van der Waals surface area (Å²) in [6, 6.07) is 10.7. The molecule has 0 spiro atoms. The maximum atomic E-state index is 9.74. The van der Waals surface area contributed by atoms with Gasteiger partial charge in [-0.3, -0.25) is 0 Å². The van der Waals surface area contributed by atoms with Gasteiger partial charge in [0.1, 0.15) is 11.5 Å². The van der Waals surface area contributed by atoms with E-state index >= 15 is 0 Å². The van der Waals surface area contributed by atoms with Crippen molar-refractivity contribution in [2.75, 3.05) is 11.9 Å². The van der Waals surface area contributed by atoms with Gasteiger partial charge in [0, 0.05) is 17.3 Å². The molecule has 2 aromatic heterocycles. The van der Waals surface area contributed by atoms with Crippen LogP contribution in [0.15, 0.2) is 30.3 Å². The SMILES string of the molecule is CC[C@@H](CO)Nc1nc(-c2ccccc2)nc2c1c(C)c(C)n2C1CCCC1. The first kappa shape index (κ1) is 18.9. The maximum absolute atomic E-state index is 9.74. The Morgan fingerprint density at radius 3 is 2.50 bits per heavy atom. The van der Waals surface area contributed by atoms with Crippen molar-refractivity contribution in [1.82, 2.24) is 14.5 Å². The smallest absolute Gasteiger partial charge is 0.163 e. The van der Waals surface area contributed by atoms with Gasteiger partial charge in [0.15, 0.2) is 5.82 Å². The highest BCUT2D eigenvalue weighted by Crippen LogP contribution is 2.38. The summed E-state index contributed by atoms with van der Waals surface area (Å²) in [7, 11) is 0. The van der Waals surface area contributed by atoms with Crippen LogP contribution in [0.5, 0.6) is 0 Å².